The lowest BCUT2D eigenvalue weighted by Crippen LogP contribution is -2.28. The van der Waals surface area contributed by atoms with Gasteiger partial charge in [0.2, 0.25) is 0 Å². The van der Waals surface area contributed by atoms with Gasteiger partial charge in [0.05, 0.1) is 7.11 Å². The van der Waals surface area contributed by atoms with Crippen LogP contribution in [-0.2, 0) is 9.53 Å². The first-order chi connectivity index (χ1) is 8.13. The van der Waals surface area contributed by atoms with Gasteiger partial charge >= 0.3 is 5.97 Å². The summed E-state index contributed by atoms with van der Waals surface area (Å²) in [5.41, 5.74) is 0.682. The minimum atomic E-state index is -0.235. The zero-order valence-electron chi connectivity index (χ0n) is 11.3. The Morgan fingerprint density at radius 2 is 2.12 bits per heavy atom. The lowest BCUT2D eigenvalue weighted by molar-refractivity contribution is -0.136. The van der Waals surface area contributed by atoms with Crippen molar-refractivity contribution in [3.63, 3.8) is 0 Å². The fourth-order valence-corrected chi connectivity index (χ4v) is 2.31. The molecule has 3 heteroatoms. The number of methoxy groups -OCH3 is 1. The molecule has 1 aliphatic carbocycles. The monoisotopic (exact) mass is 239 g/mol. The minimum Gasteiger partial charge on any atom is -0.466 e. The van der Waals surface area contributed by atoms with Crippen LogP contribution in [0.15, 0.2) is 11.6 Å². The van der Waals surface area contributed by atoms with Crippen molar-refractivity contribution in [2.45, 2.75) is 52.0 Å². The molecule has 0 amide bonds. The van der Waals surface area contributed by atoms with Crippen LogP contribution in [0.3, 0.4) is 0 Å². The molecule has 0 saturated heterocycles. The number of carbonyl (C=O) groups excluding carboxylic acids is 1. The molecule has 2 unspecified atom stereocenters. The summed E-state index contributed by atoms with van der Waals surface area (Å²) in [6.07, 6.45) is 8.42. The van der Waals surface area contributed by atoms with Gasteiger partial charge < -0.3 is 10.1 Å². The molecular formula is C14H25NO2. The average molecular weight is 239 g/mol. The molecule has 0 aliphatic heterocycles. The molecule has 0 bridgehead atoms. The summed E-state index contributed by atoms with van der Waals surface area (Å²) < 4.78 is 4.65. The third-order valence-electron chi connectivity index (χ3n) is 3.58. The van der Waals surface area contributed by atoms with Crippen molar-refractivity contribution in [3.05, 3.63) is 11.6 Å². The largest absolute Gasteiger partial charge is 0.466 e. The third kappa shape index (κ3) is 5.35. The van der Waals surface area contributed by atoms with E-state index in [0.717, 1.165) is 12.5 Å². The molecule has 1 fully saturated rings. The number of esters is 1. The lowest BCUT2D eigenvalue weighted by atomic mass is 10.0. The molecule has 1 rings (SSSR count). The molecule has 0 aromatic rings. The molecule has 17 heavy (non-hydrogen) atoms. The topological polar surface area (TPSA) is 38.3 Å². The molecule has 0 heterocycles. The van der Waals surface area contributed by atoms with Crippen molar-refractivity contribution < 1.29 is 9.53 Å². The minimum absolute atomic E-state index is 0.235. The second kappa shape index (κ2) is 7.49. The number of hydrogen-bond donors (Lipinski definition) is 1. The van der Waals surface area contributed by atoms with Gasteiger partial charge in [0, 0.05) is 18.2 Å². The standard InChI is InChI=1S/C14H25NO2/c1-11-5-4-6-13(8-7-11)15-10-9-12(2)14(16)17-3/h9,11,13,15H,4-8,10H2,1-3H3. The molecule has 2 atom stereocenters. The molecule has 0 aromatic carbocycles. The molecule has 1 N–H and O–H groups in total. The highest BCUT2D eigenvalue weighted by Gasteiger charge is 2.15. The van der Waals surface area contributed by atoms with E-state index in [2.05, 4.69) is 17.0 Å². The van der Waals surface area contributed by atoms with E-state index >= 15 is 0 Å². The quantitative estimate of drug-likeness (QED) is 0.465. The van der Waals surface area contributed by atoms with Gasteiger partial charge in [-0.05, 0) is 32.1 Å². The maximum atomic E-state index is 11.2. The molecule has 98 valence electrons. The molecule has 0 radical (unpaired) electrons. The molecule has 1 saturated carbocycles. The number of hydrogen-bond acceptors (Lipinski definition) is 3. The van der Waals surface area contributed by atoms with Crippen LogP contribution in [0.25, 0.3) is 0 Å². The first-order valence-electron chi connectivity index (χ1n) is 6.62. The SMILES string of the molecule is COC(=O)C(C)=CCNC1CCCC(C)CC1. The highest BCUT2D eigenvalue weighted by atomic mass is 16.5. The summed E-state index contributed by atoms with van der Waals surface area (Å²) in [5.74, 6) is 0.635. The summed E-state index contributed by atoms with van der Waals surface area (Å²) in [6.45, 7) is 4.90. The smallest absolute Gasteiger partial charge is 0.333 e. The number of carbonyl (C=O) groups is 1. The van der Waals surface area contributed by atoms with Crippen molar-refractivity contribution >= 4 is 5.97 Å². The highest BCUT2D eigenvalue weighted by molar-refractivity contribution is 5.87. The van der Waals surface area contributed by atoms with Gasteiger partial charge in [-0.2, -0.15) is 0 Å². The number of ether oxygens (including phenoxy) is 1. The van der Waals surface area contributed by atoms with Crippen LogP contribution in [-0.4, -0.2) is 25.7 Å². The summed E-state index contributed by atoms with van der Waals surface area (Å²) in [5, 5.41) is 3.51. The van der Waals surface area contributed by atoms with E-state index in [4.69, 9.17) is 0 Å². The molecule has 1 aliphatic rings. The Labute approximate surface area is 105 Å². The van der Waals surface area contributed by atoms with E-state index in [0.29, 0.717) is 11.6 Å². The fourth-order valence-electron chi connectivity index (χ4n) is 2.31. The van der Waals surface area contributed by atoms with Crippen molar-refractivity contribution in [1.29, 1.82) is 0 Å². The van der Waals surface area contributed by atoms with E-state index in [1.165, 1.54) is 39.2 Å². The van der Waals surface area contributed by atoms with Gasteiger partial charge in [-0.1, -0.05) is 25.8 Å². The zero-order chi connectivity index (χ0) is 12.7. The Morgan fingerprint density at radius 3 is 2.82 bits per heavy atom. The van der Waals surface area contributed by atoms with Crippen LogP contribution in [0.5, 0.6) is 0 Å². The van der Waals surface area contributed by atoms with Crippen LogP contribution < -0.4 is 5.32 Å². The molecule has 0 aromatic heterocycles. The summed E-state index contributed by atoms with van der Waals surface area (Å²) in [6, 6.07) is 0.613. The Morgan fingerprint density at radius 1 is 1.35 bits per heavy atom. The lowest BCUT2D eigenvalue weighted by Gasteiger charge is -2.15. The van der Waals surface area contributed by atoms with Gasteiger partial charge in [-0.3, -0.25) is 0 Å². The average Bonchev–Trinajstić information content (AvgIpc) is 2.53. The maximum Gasteiger partial charge on any atom is 0.333 e. The van der Waals surface area contributed by atoms with Crippen molar-refractivity contribution in [2.24, 2.45) is 5.92 Å². The maximum absolute atomic E-state index is 11.2. The molecule has 0 spiro atoms. The third-order valence-corrected chi connectivity index (χ3v) is 3.58. The van der Waals surface area contributed by atoms with Crippen molar-refractivity contribution in [2.75, 3.05) is 13.7 Å². The Bertz CT molecular complexity index is 273. The van der Waals surface area contributed by atoms with Gasteiger partial charge in [0.25, 0.3) is 0 Å². The van der Waals surface area contributed by atoms with Crippen molar-refractivity contribution in [3.8, 4) is 0 Å². The highest BCUT2D eigenvalue weighted by Crippen LogP contribution is 2.22. The van der Waals surface area contributed by atoms with E-state index in [-0.39, 0.29) is 5.97 Å². The van der Waals surface area contributed by atoms with Crippen molar-refractivity contribution in [1.82, 2.24) is 5.32 Å². The van der Waals surface area contributed by atoms with Gasteiger partial charge in [0.1, 0.15) is 0 Å². The molecular weight excluding hydrogens is 214 g/mol. The van der Waals surface area contributed by atoms with Gasteiger partial charge in [-0.25, -0.2) is 4.79 Å². The van der Waals surface area contributed by atoms with E-state index in [9.17, 15) is 4.79 Å². The fraction of sp³-hybridized carbons (Fsp3) is 0.786. The summed E-state index contributed by atoms with van der Waals surface area (Å²) in [4.78, 5) is 11.2. The Kier molecular flexibility index (Phi) is 6.27. The number of rotatable bonds is 4. The first kappa shape index (κ1) is 14.2. The first-order valence-corrected chi connectivity index (χ1v) is 6.62. The predicted octanol–water partition coefficient (Wildman–Crippen LogP) is 2.66. The van der Waals surface area contributed by atoms with E-state index < -0.39 is 0 Å². The summed E-state index contributed by atoms with van der Waals surface area (Å²) in [7, 11) is 1.42. The van der Waals surface area contributed by atoms with Gasteiger partial charge in [0.15, 0.2) is 0 Å². The van der Waals surface area contributed by atoms with Gasteiger partial charge in [-0.15, -0.1) is 0 Å². The second-order valence-electron chi connectivity index (χ2n) is 5.10. The number of nitrogens with one attached hydrogen (secondary N) is 1. The zero-order valence-corrected chi connectivity index (χ0v) is 11.3. The van der Waals surface area contributed by atoms with Crippen LogP contribution in [0, 0.1) is 5.92 Å². The van der Waals surface area contributed by atoms with E-state index in [1.807, 2.05) is 6.08 Å². The molecule has 3 nitrogen and oxygen atoms in total. The van der Waals surface area contributed by atoms with Crippen LogP contribution in [0.2, 0.25) is 0 Å². The Hall–Kier alpha value is -0.830. The predicted molar refractivity (Wildman–Crippen MR) is 69.8 cm³/mol. The van der Waals surface area contributed by atoms with Crippen LogP contribution in [0.4, 0.5) is 0 Å². The normalized spacial score (nSPS) is 26.4. The Balaban J connectivity index is 2.28. The van der Waals surface area contributed by atoms with E-state index in [1.54, 1.807) is 6.92 Å². The van der Waals surface area contributed by atoms with Crippen LogP contribution >= 0.6 is 0 Å². The summed E-state index contributed by atoms with van der Waals surface area (Å²) >= 11 is 0. The van der Waals surface area contributed by atoms with Crippen LogP contribution in [0.1, 0.15) is 46.0 Å². The second-order valence-corrected chi connectivity index (χ2v) is 5.10.